The molecule has 0 saturated carbocycles. The van der Waals surface area contributed by atoms with Crippen molar-refractivity contribution in [1.29, 1.82) is 0 Å². The molecule has 1 saturated heterocycles. The lowest BCUT2D eigenvalue weighted by molar-refractivity contribution is 0.0952. The molecule has 2 N–H and O–H groups in total. The molecule has 0 atom stereocenters. The molecule has 3 aromatic rings. The first-order chi connectivity index (χ1) is 15.1. The lowest BCUT2D eigenvalue weighted by Crippen LogP contribution is -2.19. The second-order valence-corrected chi connectivity index (χ2v) is 7.38. The zero-order valence-electron chi connectivity index (χ0n) is 17.6. The van der Waals surface area contributed by atoms with E-state index in [2.05, 4.69) is 15.4 Å². The van der Waals surface area contributed by atoms with Crippen LogP contribution >= 0.6 is 0 Å². The molecule has 0 radical (unpaired) electrons. The van der Waals surface area contributed by atoms with Gasteiger partial charge in [-0.3, -0.25) is 4.79 Å². The molecule has 1 aliphatic heterocycles. The van der Waals surface area contributed by atoms with Gasteiger partial charge in [-0.15, -0.1) is 0 Å². The molecule has 4 rings (SSSR count). The van der Waals surface area contributed by atoms with Gasteiger partial charge in [-0.25, -0.2) is 5.43 Å². The Labute approximate surface area is 180 Å². The summed E-state index contributed by atoms with van der Waals surface area (Å²) in [7, 11) is 3.23. The van der Waals surface area contributed by atoms with Crippen LogP contribution in [0.15, 0.2) is 53.6 Å². The van der Waals surface area contributed by atoms with Crippen LogP contribution in [0.2, 0.25) is 0 Å². The fourth-order valence-electron chi connectivity index (χ4n) is 3.84. The Kier molecular flexibility index (Phi) is 5.93. The molecule has 1 fully saturated rings. The minimum absolute atomic E-state index is 0.0967. The van der Waals surface area contributed by atoms with E-state index >= 15 is 0 Å². The minimum Gasteiger partial charge on any atom is -0.507 e. The second kappa shape index (κ2) is 8.95. The highest BCUT2D eigenvalue weighted by Crippen LogP contribution is 2.36. The summed E-state index contributed by atoms with van der Waals surface area (Å²) in [6, 6.07) is 14.5. The van der Waals surface area contributed by atoms with E-state index in [-0.39, 0.29) is 11.3 Å². The number of benzene rings is 3. The Morgan fingerprint density at radius 3 is 2.39 bits per heavy atom. The van der Waals surface area contributed by atoms with E-state index in [1.165, 1.54) is 6.21 Å². The third-order valence-electron chi connectivity index (χ3n) is 5.46. The van der Waals surface area contributed by atoms with Crippen LogP contribution in [-0.4, -0.2) is 44.5 Å². The molecule has 0 unspecified atom stereocenters. The lowest BCUT2D eigenvalue weighted by atomic mass is 10.1. The first-order valence-electron chi connectivity index (χ1n) is 10.2. The van der Waals surface area contributed by atoms with Crippen LogP contribution in [0.1, 0.15) is 28.8 Å². The van der Waals surface area contributed by atoms with Gasteiger partial charge in [-0.2, -0.15) is 5.10 Å². The fraction of sp³-hybridized carbons (Fsp3) is 0.250. The average molecular weight is 419 g/mol. The molecule has 0 aromatic heterocycles. The van der Waals surface area contributed by atoms with Gasteiger partial charge in [0.05, 0.1) is 31.7 Å². The van der Waals surface area contributed by atoms with Crippen LogP contribution in [0.5, 0.6) is 17.2 Å². The van der Waals surface area contributed by atoms with Gasteiger partial charge in [0.2, 0.25) is 0 Å². The van der Waals surface area contributed by atoms with Crippen molar-refractivity contribution in [3.8, 4) is 17.2 Å². The monoisotopic (exact) mass is 419 g/mol. The number of rotatable bonds is 6. The van der Waals surface area contributed by atoms with Crippen molar-refractivity contribution in [2.24, 2.45) is 5.10 Å². The van der Waals surface area contributed by atoms with Gasteiger partial charge in [-0.05, 0) is 41.8 Å². The molecule has 0 bridgehead atoms. The summed E-state index contributed by atoms with van der Waals surface area (Å²) < 4.78 is 11.1. The van der Waals surface area contributed by atoms with E-state index in [9.17, 15) is 9.90 Å². The molecule has 7 nitrogen and oxygen atoms in total. The number of hydrogen-bond donors (Lipinski definition) is 2. The zero-order valence-corrected chi connectivity index (χ0v) is 17.6. The molecule has 160 valence electrons. The number of phenols is 1. The van der Waals surface area contributed by atoms with Gasteiger partial charge in [0.25, 0.3) is 5.91 Å². The summed E-state index contributed by atoms with van der Waals surface area (Å²) in [6.45, 7) is 1.97. The number of phenolic OH excluding ortho intramolecular Hbond substituents is 1. The van der Waals surface area contributed by atoms with E-state index in [1.807, 2.05) is 36.4 Å². The maximum absolute atomic E-state index is 12.6. The van der Waals surface area contributed by atoms with Crippen molar-refractivity contribution < 1.29 is 19.4 Å². The Morgan fingerprint density at radius 2 is 1.71 bits per heavy atom. The summed E-state index contributed by atoms with van der Waals surface area (Å²) in [5, 5.41) is 16.0. The van der Waals surface area contributed by atoms with Crippen LogP contribution in [0, 0.1) is 0 Å². The average Bonchev–Trinajstić information content (AvgIpc) is 3.32. The first-order valence-corrected chi connectivity index (χ1v) is 10.2. The number of ether oxygens (including phenoxy) is 2. The lowest BCUT2D eigenvalue weighted by Gasteiger charge is -2.22. The molecular weight excluding hydrogens is 394 g/mol. The second-order valence-electron chi connectivity index (χ2n) is 7.38. The van der Waals surface area contributed by atoms with Gasteiger partial charge in [-0.1, -0.05) is 24.3 Å². The topological polar surface area (TPSA) is 83.4 Å². The van der Waals surface area contributed by atoms with Gasteiger partial charge in [0, 0.05) is 24.7 Å². The predicted molar refractivity (Wildman–Crippen MR) is 122 cm³/mol. The SMILES string of the molecule is COc1cc(N2CCCC2)c(OC)cc1C=NNC(=O)c1cc2ccccc2cc1O. The van der Waals surface area contributed by atoms with Crippen molar-refractivity contribution in [3.05, 3.63) is 59.7 Å². The quantitative estimate of drug-likeness (QED) is 0.467. The van der Waals surface area contributed by atoms with E-state index in [4.69, 9.17) is 9.47 Å². The largest absolute Gasteiger partial charge is 0.507 e. The van der Waals surface area contributed by atoms with Gasteiger partial charge in [0.1, 0.15) is 17.2 Å². The van der Waals surface area contributed by atoms with Crippen LogP contribution in [0.3, 0.4) is 0 Å². The Bertz CT molecular complexity index is 1140. The van der Waals surface area contributed by atoms with E-state index in [0.29, 0.717) is 11.3 Å². The van der Waals surface area contributed by atoms with Crippen LogP contribution < -0.4 is 19.8 Å². The Hall–Kier alpha value is -3.74. The number of hydrogen-bond acceptors (Lipinski definition) is 6. The maximum atomic E-state index is 12.6. The molecule has 1 aliphatic rings. The molecular formula is C24H25N3O4. The van der Waals surface area contributed by atoms with E-state index in [1.54, 1.807) is 26.4 Å². The van der Waals surface area contributed by atoms with Gasteiger partial charge in [0.15, 0.2) is 0 Å². The third kappa shape index (κ3) is 4.26. The van der Waals surface area contributed by atoms with Crippen LogP contribution in [-0.2, 0) is 0 Å². The van der Waals surface area contributed by atoms with Crippen LogP contribution in [0.4, 0.5) is 5.69 Å². The molecule has 0 aliphatic carbocycles. The van der Waals surface area contributed by atoms with E-state index < -0.39 is 5.91 Å². The first kappa shape index (κ1) is 20.5. The van der Waals surface area contributed by atoms with Crippen molar-refractivity contribution in [2.45, 2.75) is 12.8 Å². The smallest absolute Gasteiger partial charge is 0.275 e. The van der Waals surface area contributed by atoms with Crippen molar-refractivity contribution in [2.75, 3.05) is 32.2 Å². The number of aromatic hydroxyl groups is 1. The van der Waals surface area contributed by atoms with Crippen molar-refractivity contribution in [1.82, 2.24) is 5.43 Å². The fourth-order valence-corrected chi connectivity index (χ4v) is 3.84. The predicted octanol–water partition coefficient (Wildman–Crippen LogP) is 3.93. The van der Waals surface area contributed by atoms with Crippen molar-refractivity contribution >= 4 is 28.6 Å². The number of nitrogens with one attached hydrogen (secondary N) is 1. The summed E-state index contributed by atoms with van der Waals surface area (Å²) in [4.78, 5) is 14.8. The number of hydrazone groups is 1. The maximum Gasteiger partial charge on any atom is 0.275 e. The number of methoxy groups -OCH3 is 2. The van der Waals surface area contributed by atoms with Crippen LogP contribution in [0.25, 0.3) is 10.8 Å². The third-order valence-corrected chi connectivity index (χ3v) is 5.46. The van der Waals surface area contributed by atoms with E-state index in [0.717, 1.165) is 48.1 Å². The highest BCUT2D eigenvalue weighted by Gasteiger charge is 2.19. The minimum atomic E-state index is -0.501. The van der Waals surface area contributed by atoms with Gasteiger partial charge >= 0.3 is 0 Å². The number of anilines is 1. The number of carbonyl (C=O) groups is 1. The summed E-state index contributed by atoms with van der Waals surface area (Å²) in [5.74, 6) is 0.761. The summed E-state index contributed by atoms with van der Waals surface area (Å²) in [5.41, 5.74) is 4.29. The molecule has 7 heteroatoms. The molecule has 1 heterocycles. The highest BCUT2D eigenvalue weighted by atomic mass is 16.5. The highest BCUT2D eigenvalue weighted by molar-refractivity contribution is 6.01. The number of carbonyl (C=O) groups excluding carboxylic acids is 1. The summed E-state index contributed by atoms with van der Waals surface area (Å²) in [6.07, 6.45) is 3.82. The molecule has 3 aromatic carbocycles. The number of fused-ring (bicyclic) bond motifs is 1. The van der Waals surface area contributed by atoms with Crippen molar-refractivity contribution in [3.63, 3.8) is 0 Å². The Balaban J connectivity index is 1.55. The van der Waals surface area contributed by atoms with Gasteiger partial charge < -0.3 is 19.5 Å². The zero-order chi connectivity index (χ0) is 21.8. The Morgan fingerprint density at radius 1 is 1.03 bits per heavy atom. The molecule has 31 heavy (non-hydrogen) atoms. The summed E-state index contributed by atoms with van der Waals surface area (Å²) >= 11 is 0. The molecule has 0 spiro atoms. The number of nitrogens with zero attached hydrogens (tertiary/aromatic N) is 2. The molecule has 1 amide bonds. The number of amides is 1. The normalized spacial score (nSPS) is 13.7. The standard InChI is InChI=1S/C24H25N3O4/c1-30-22-14-20(27-9-5-6-10-27)23(31-2)13-18(22)15-25-26-24(29)19-11-16-7-3-4-8-17(16)12-21(19)28/h3-4,7-8,11-15,28H,5-6,9-10H2,1-2H3,(H,26,29).